The smallest absolute Gasteiger partial charge is 0.250 e. The molecular formula is C68H86N6O5S. The fourth-order valence-electron chi connectivity index (χ4n) is 13.4. The number of primary amides is 3. The number of rotatable bonds is 12. The summed E-state index contributed by atoms with van der Waals surface area (Å²) in [4.78, 5) is 37.1. The number of amides is 3. The SMILES string of the molecule is Cc1c(-c2cc(C(N)=O)c(C)n2CC2CC2)sc2ccccc12.Cc1c(C(N)=O)cc(-c2ccc3c(c2)C(C)(C)CCC3(C)C)n1CC1CCCCC1.Cc1c(C(N)=O)cc(-c2ccc3c(c2)OCCCO3)n1CC1CCCCC1. The number of aromatic nitrogens is 3. The van der Waals surface area contributed by atoms with Gasteiger partial charge in [-0.25, -0.2) is 0 Å². The Balaban J connectivity index is 0.000000136. The summed E-state index contributed by atoms with van der Waals surface area (Å²) in [7, 11) is 0. The molecule has 6 N–H and O–H groups in total. The fourth-order valence-corrected chi connectivity index (χ4v) is 14.6. The van der Waals surface area contributed by atoms with Gasteiger partial charge in [-0.15, -0.1) is 11.3 Å². The summed E-state index contributed by atoms with van der Waals surface area (Å²) in [5, 5.41) is 1.30. The number of benzene rings is 3. The molecule has 4 aromatic heterocycles. The lowest BCUT2D eigenvalue weighted by atomic mass is 9.63. The quantitative estimate of drug-likeness (QED) is 0.111. The van der Waals surface area contributed by atoms with Crippen LogP contribution >= 0.6 is 11.3 Å². The van der Waals surface area contributed by atoms with Crippen molar-refractivity contribution >= 4 is 39.1 Å². The molecule has 3 saturated carbocycles. The van der Waals surface area contributed by atoms with Crippen LogP contribution in [0.2, 0.25) is 0 Å². The van der Waals surface area contributed by atoms with E-state index in [1.807, 2.05) is 50.2 Å². The summed E-state index contributed by atoms with van der Waals surface area (Å²) >= 11 is 1.80. The molecule has 12 rings (SSSR count). The minimum absolute atomic E-state index is 0.170. The van der Waals surface area contributed by atoms with Crippen molar-refractivity contribution in [3.63, 3.8) is 0 Å². The van der Waals surface area contributed by atoms with E-state index in [0.29, 0.717) is 41.7 Å². The van der Waals surface area contributed by atoms with Gasteiger partial charge in [0.15, 0.2) is 11.5 Å². The first-order chi connectivity index (χ1) is 38.3. The molecule has 0 radical (unpaired) electrons. The number of carbonyl (C=O) groups is 3. The van der Waals surface area contributed by atoms with Gasteiger partial charge in [0.05, 0.1) is 40.5 Å². The molecule has 5 heterocycles. The zero-order valence-corrected chi connectivity index (χ0v) is 49.7. The molecule has 0 bridgehead atoms. The van der Waals surface area contributed by atoms with E-state index in [4.69, 9.17) is 26.7 Å². The summed E-state index contributed by atoms with van der Waals surface area (Å²) in [5.74, 6) is 2.62. The van der Waals surface area contributed by atoms with Crippen molar-refractivity contribution in [2.24, 2.45) is 35.0 Å². The van der Waals surface area contributed by atoms with Crippen LogP contribution < -0.4 is 26.7 Å². The van der Waals surface area contributed by atoms with E-state index in [9.17, 15) is 14.4 Å². The molecule has 80 heavy (non-hydrogen) atoms. The highest BCUT2D eigenvalue weighted by Crippen LogP contribution is 2.48. The Morgan fingerprint density at radius 3 is 1.48 bits per heavy atom. The van der Waals surface area contributed by atoms with Gasteiger partial charge in [-0.05, 0) is 184 Å². The van der Waals surface area contributed by atoms with Crippen molar-refractivity contribution in [2.45, 2.75) is 182 Å². The van der Waals surface area contributed by atoms with Gasteiger partial charge in [0.25, 0.3) is 17.7 Å². The molecule has 11 nitrogen and oxygen atoms in total. The number of thiophene rings is 1. The van der Waals surface area contributed by atoms with Crippen molar-refractivity contribution in [2.75, 3.05) is 13.2 Å². The molecule has 0 saturated heterocycles. The summed E-state index contributed by atoms with van der Waals surface area (Å²) in [6.07, 6.45) is 18.9. The third-order valence-corrected chi connectivity index (χ3v) is 19.9. The third kappa shape index (κ3) is 11.9. The standard InChI is InChI=1S/C27H38N2O.C22H28N2O3.C19H20N2OS/c1-18-21(25(28)30)16-24(29(18)17-19-9-7-6-8-10-19)20-11-12-22-23(15-20)27(4,5)14-13-26(22,2)3;1-15-18(22(23)25)13-19(24(15)14-16-6-3-2-4-7-16)17-8-9-20-21(12-17)27-11-5-10-26-20;1-11-14-5-3-4-6-17(14)23-18(11)16-9-15(19(20)22)12(2)21(16)10-13-7-8-13/h11-12,15-16,19H,6-10,13-14,17H2,1-5H3,(H2,28,30);8-9,12-13,16H,2-7,10-11,14H2,1H3,(H2,23,25);3-6,9,13H,7-8,10H2,1-2H3,(H2,20,22). The maximum absolute atomic E-state index is 12.1. The van der Waals surface area contributed by atoms with Crippen LogP contribution in [-0.4, -0.2) is 44.6 Å². The zero-order valence-electron chi connectivity index (χ0n) is 48.9. The third-order valence-electron chi connectivity index (χ3n) is 18.6. The van der Waals surface area contributed by atoms with E-state index < -0.39 is 0 Å². The van der Waals surface area contributed by atoms with Gasteiger partial charge in [-0.2, -0.15) is 0 Å². The molecule has 0 unspecified atom stereocenters. The van der Waals surface area contributed by atoms with Crippen LogP contribution in [-0.2, 0) is 30.5 Å². The highest BCUT2D eigenvalue weighted by atomic mass is 32.1. The van der Waals surface area contributed by atoms with E-state index in [-0.39, 0.29) is 28.6 Å². The van der Waals surface area contributed by atoms with Crippen molar-refractivity contribution in [1.82, 2.24) is 13.7 Å². The number of ether oxygens (including phenoxy) is 2. The molecule has 3 amide bonds. The van der Waals surface area contributed by atoms with Gasteiger partial charge < -0.3 is 40.4 Å². The lowest BCUT2D eigenvalue weighted by Gasteiger charge is -2.42. The number of nitrogens with two attached hydrogens (primary N) is 3. The van der Waals surface area contributed by atoms with Crippen LogP contribution in [0.1, 0.15) is 189 Å². The Hall–Kier alpha value is -6.53. The summed E-state index contributed by atoms with van der Waals surface area (Å²) in [6, 6.07) is 27.5. The minimum atomic E-state index is -0.370. The molecule has 3 aromatic carbocycles. The van der Waals surface area contributed by atoms with E-state index >= 15 is 0 Å². The van der Waals surface area contributed by atoms with E-state index in [0.717, 1.165) is 83.2 Å². The molecule has 0 atom stereocenters. The van der Waals surface area contributed by atoms with Crippen molar-refractivity contribution in [3.8, 4) is 44.6 Å². The Morgan fingerprint density at radius 1 is 0.512 bits per heavy atom. The second-order valence-electron chi connectivity index (χ2n) is 25.3. The lowest BCUT2D eigenvalue weighted by Crippen LogP contribution is -2.33. The summed E-state index contributed by atoms with van der Waals surface area (Å²) < 4.78 is 19.8. The second-order valence-corrected chi connectivity index (χ2v) is 26.3. The highest BCUT2D eigenvalue weighted by Gasteiger charge is 2.37. The van der Waals surface area contributed by atoms with Crippen LogP contribution in [0.4, 0.5) is 0 Å². The average molecular weight is 1100 g/mol. The number of fused-ring (bicyclic) bond motifs is 3. The Kier molecular flexibility index (Phi) is 16.7. The summed E-state index contributed by atoms with van der Waals surface area (Å²) in [6.45, 7) is 21.9. The second kappa shape index (κ2) is 23.5. The molecule has 1 aliphatic heterocycles. The number of hydrogen-bond acceptors (Lipinski definition) is 6. The largest absolute Gasteiger partial charge is 0.490 e. The minimum Gasteiger partial charge on any atom is -0.490 e. The first-order valence-corrected chi connectivity index (χ1v) is 30.6. The van der Waals surface area contributed by atoms with Gasteiger partial charge in [0, 0.05) is 64.8 Å². The van der Waals surface area contributed by atoms with Crippen LogP contribution in [0.3, 0.4) is 0 Å². The van der Waals surface area contributed by atoms with E-state index in [1.165, 1.54) is 127 Å². The van der Waals surface area contributed by atoms with Gasteiger partial charge in [-0.1, -0.05) is 96.6 Å². The van der Waals surface area contributed by atoms with Crippen molar-refractivity contribution < 1.29 is 23.9 Å². The van der Waals surface area contributed by atoms with Crippen molar-refractivity contribution in [3.05, 3.63) is 129 Å². The number of carbonyl (C=O) groups excluding carboxylic acids is 3. The Morgan fingerprint density at radius 2 is 0.963 bits per heavy atom. The predicted octanol–water partition coefficient (Wildman–Crippen LogP) is 15.3. The van der Waals surface area contributed by atoms with E-state index in [1.54, 1.807) is 11.3 Å². The number of aryl methyl sites for hydroxylation is 1. The van der Waals surface area contributed by atoms with Crippen molar-refractivity contribution in [1.29, 1.82) is 0 Å². The van der Waals surface area contributed by atoms with Gasteiger partial charge in [-0.3, -0.25) is 14.4 Å². The normalized spacial score (nSPS) is 17.9. The number of nitrogens with zero attached hydrogens (tertiary/aromatic N) is 3. The molecule has 3 fully saturated rings. The topological polar surface area (TPSA) is 163 Å². The molecule has 12 heteroatoms. The maximum Gasteiger partial charge on any atom is 0.250 e. The predicted molar refractivity (Wildman–Crippen MR) is 326 cm³/mol. The number of hydrogen-bond donors (Lipinski definition) is 3. The first kappa shape index (κ1) is 56.7. The van der Waals surface area contributed by atoms with Gasteiger partial charge in [0.1, 0.15) is 0 Å². The molecular weight excluding hydrogens is 1010 g/mol. The van der Waals surface area contributed by atoms with E-state index in [2.05, 4.69) is 97.7 Å². The molecule has 5 aliphatic rings. The van der Waals surface area contributed by atoms with Crippen LogP contribution in [0.15, 0.2) is 78.9 Å². The van der Waals surface area contributed by atoms with Gasteiger partial charge in [0.2, 0.25) is 0 Å². The first-order valence-electron chi connectivity index (χ1n) is 29.8. The van der Waals surface area contributed by atoms with Crippen LogP contribution in [0.25, 0.3) is 43.2 Å². The van der Waals surface area contributed by atoms with Gasteiger partial charge >= 0.3 is 0 Å². The monoisotopic (exact) mass is 1100 g/mol. The summed E-state index contributed by atoms with van der Waals surface area (Å²) in [5.41, 5.74) is 32.0. The zero-order chi connectivity index (χ0) is 56.6. The van der Waals surface area contributed by atoms with Crippen LogP contribution in [0, 0.1) is 45.4 Å². The molecule has 0 spiro atoms. The molecule has 424 valence electrons. The maximum atomic E-state index is 12.1. The Bertz CT molecular complexity index is 3420. The average Bonchev–Trinajstić information content (AvgIpc) is 4.08. The highest BCUT2D eigenvalue weighted by molar-refractivity contribution is 7.22. The lowest BCUT2D eigenvalue weighted by molar-refractivity contribution is 0.0991. The Labute approximate surface area is 478 Å². The molecule has 4 aliphatic carbocycles. The van der Waals surface area contributed by atoms with Crippen LogP contribution in [0.5, 0.6) is 11.5 Å². The fraction of sp³-hybridized carbons (Fsp3) is 0.485. The molecule has 7 aromatic rings.